The second kappa shape index (κ2) is 12.5. The number of aromatic nitrogens is 2. The van der Waals surface area contributed by atoms with E-state index in [0.717, 1.165) is 0 Å². The molecule has 1 heterocycles. The molecule has 1 amide bonds. The zero-order valence-corrected chi connectivity index (χ0v) is 22.0. The number of carbonyl (C=O) groups is 1. The first-order valence-corrected chi connectivity index (χ1v) is 12.2. The fraction of sp³-hybridized carbons (Fsp3) is 0.148. The van der Waals surface area contributed by atoms with Crippen molar-refractivity contribution < 1.29 is 19.0 Å². The fourth-order valence-corrected chi connectivity index (χ4v) is 3.75. The summed E-state index contributed by atoms with van der Waals surface area (Å²) in [5.41, 5.74) is 0.897. The van der Waals surface area contributed by atoms with Crippen molar-refractivity contribution in [2.24, 2.45) is 0 Å². The monoisotopic (exact) mass is 554 g/mol. The van der Waals surface area contributed by atoms with E-state index in [1.807, 2.05) is 0 Å². The number of rotatable bonds is 10. The van der Waals surface area contributed by atoms with E-state index in [9.17, 15) is 9.59 Å². The van der Waals surface area contributed by atoms with Crippen molar-refractivity contribution in [2.45, 2.75) is 0 Å². The Kier molecular flexibility index (Phi) is 8.85. The number of amides is 1. The fourth-order valence-electron chi connectivity index (χ4n) is 3.45. The largest absolute Gasteiger partial charge is 0.497 e. The number of methoxy groups -OCH3 is 2. The van der Waals surface area contributed by atoms with E-state index in [-0.39, 0.29) is 22.4 Å². The quantitative estimate of drug-likeness (QED) is 0.251. The van der Waals surface area contributed by atoms with Crippen LogP contribution in [0.3, 0.4) is 0 Å². The van der Waals surface area contributed by atoms with Crippen LogP contribution in [0.1, 0.15) is 10.4 Å². The van der Waals surface area contributed by atoms with Crippen molar-refractivity contribution in [2.75, 3.05) is 32.7 Å². The Morgan fingerprint density at radius 3 is 2.45 bits per heavy atom. The summed E-state index contributed by atoms with van der Waals surface area (Å²) in [4.78, 5) is 26.2. The number of benzene rings is 3. The third-order valence-electron chi connectivity index (χ3n) is 5.36. The standard InChI is InChI=1S/C27H24Cl2N4O5/c1-36-13-12-30-26(34)17-4-3-5-18(14-17)32-25-24(38-21-9-7-20(37-2)8-10-21)16-31-33(27(25)35)19-6-11-22(28)23(29)15-19/h3-11,14-16,32H,12-13H2,1-2H3,(H,30,34). The van der Waals surface area contributed by atoms with E-state index in [4.69, 9.17) is 37.4 Å². The van der Waals surface area contributed by atoms with E-state index in [1.165, 1.54) is 16.9 Å². The van der Waals surface area contributed by atoms with Crippen LogP contribution in [-0.2, 0) is 4.74 Å². The summed E-state index contributed by atoms with van der Waals surface area (Å²) in [6.45, 7) is 0.757. The van der Waals surface area contributed by atoms with Crippen LogP contribution in [0.5, 0.6) is 17.2 Å². The smallest absolute Gasteiger partial charge is 0.299 e. The van der Waals surface area contributed by atoms with E-state index >= 15 is 0 Å². The lowest BCUT2D eigenvalue weighted by molar-refractivity contribution is 0.0937. The van der Waals surface area contributed by atoms with Gasteiger partial charge in [-0.05, 0) is 60.7 Å². The summed E-state index contributed by atoms with van der Waals surface area (Å²) in [7, 11) is 3.12. The summed E-state index contributed by atoms with van der Waals surface area (Å²) in [5.74, 6) is 1.02. The van der Waals surface area contributed by atoms with Gasteiger partial charge in [0.15, 0.2) is 11.4 Å². The van der Waals surface area contributed by atoms with E-state index in [1.54, 1.807) is 74.9 Å². The summed E-state index contributed by atoms with van der Waals surface area (Å²) in [6, 6.07) is 18.4. The molecule has 38 heavy (non-hydrogen) atoms. The zero-order chi connectivity index (χ0) is 27.1. The van der Waals surface area contributed by atoms with Crippen molar-refractivity contribution >= 4 is 40.5 Å². The average molecular weight is 555 g/mol. The summed E-state index contributed by atoms with van der Waals surface area (Å²) >= 11 is 12.2. The van der Waals surface area contributed by atoms with Crippen LogP contribution in [-0.4, -0.2) is 43.1 Å². The molecule has 11 heteroatoms. The van der Waals surface area contributed by atoms with E-state index in [0.29, 0.717) is 46.6 Å². The number of ether oxygens (including phenoxy) is 3. The van der Waals surface area contributed by atoms with Gasteiger partial charge in [-0.25, -0.2) is 0 Å². The maximum Gasteiger partial charge on any atom is 0.299 e. The summed E-state index contributed by atoms with van der Waals surface area (Å²) < 4.78 is 17.3. The molecule has 9 nitrogen and oxygen atoms in total. The van der Waals surface area contributed by atoms with Gasteiger partial charge in [-0.3, -0.25) is 9.59 Å². The molecule has 0 radical (unpaired) electrons. The summed E-state index contributed by atoms with van der Waals surface area (Å²) in [6.07, 6.45) is 1.41. The first-order valence-electron chi connectivity index (χ1n) is 11.4. The maximum atomic E-state index is 13.6. The van der Waals surface area contributed by atoms with Crippen molar-refractivity contribution in [3.8, 4) is 22.9 Å². The number of halogens is 2. The SMILES string of the molecule is COCCNC(=O)c1cccc(Nc2c(Oc3ccc(OC)cc3)cnn(-c3ccc(Cl)c(Cl)c3)c2=O)c1. The van der Waals surface area contributed by atoms with Gasteiger partial charge >= 0.3 is 0 Å². The van der Waals surface area contributed by atoms with Gasteiger partial charge in [0, 0.05) is 24.9 Å². The molecule has 3 aromatic carbocycles. The second-order valence-electron chi connectivity index (χ2n) is 7.93. The Bertz CT molecular complexity index is 1490. The molecule has 4 aromatic rings. The average Bonchev–Trinajstić information content (AvgIpc) is 2.93. The highest BCUT2D eigenvalue weighted by atomic mass is 35.5. The minimum Gasteiger partial charge on any atom is -0.497 e. The van der Waals surface area contributed by atoms with Gasteiger partial charge in [0.05, 0.1) is 35.6 Å². The van der Waals surface area contributed by atoms with Gasteiger partial charge in [-0.15, -0.1) is 0 Å². The molecular weight excluding hydrogens is 531 g/mol. The molecule has 196 valence electrons. The lowest BCUT2D eigenvalue weighted by Crippen LogP contribution is -2.27. The molecule has 0 aliphatic rings. The first-order chi connectivity index (χ1) is 18.4. The van der Waals surface area contributed by atoms with E-state index < -0.39 is 5.56 Å². The van der Waals surface area contributed by atoms with Gasteiger partial charge in [0.2, 0.25) is 0 Å². The van der Waals surface area contributed by atoms with Crippen LogP contribution in [0, 0.1) is 0 Å². The predicted molar refractivity (Wildman–Crippen MR) is 147 cm³/mol. The van der Waals surface area contributed by atoms with Gasteiger partial charge in [-0.2, -0.15) is 9.78 Å². The van der Waals surface area contributed by atoms with E-state index in [2.05, 4.69) is 15.7 Å². The first kappa shape index (κ1) is 27.0. The van der Waals surface area contributed by atoms with Gasteiger partial charge in [0.25, 0.3) is 11.5 Å². The van der Waals surface area contributed by atoms with Crippen LogP contribution >= 0.6 is 23.2 Å². The van der Waals surface area contributed by atoms with Crippen LogP contribution < -0.4 is 25.7 Å². The second-order valence-corrected chi connectivity index (χ2v) is 8.75. The predicted octanol–water partition coefficient (Wildman–Crippen LogP) is 5.46. The van der Waals surface area contributed by atoms with Gasteiger partial charge in [-0.1, -0.05) is 29.3 Å². The Hall–Kier alpha value is -4.05. The van der Waals surface area contributed by atoms with Crippen molar-refractivity contribution in [3.63, 3.8) is 0 Å². The van der Waals surface area contributed by atoms with Crippen LogP contribution in [0.15, 0.2) is 77.7 Å². The highest BCUT2D eigenvalue weighted by molar-refractivity contribution is 6.42. The third kappa shape index (κ3) is 6.44. The van der Waals surface area contributed by atoms with Gasteiger partial charge < -0.3 is 24.8 Å². The molecule has 1 aromatic heterocycles. The minimum atomic E-state index is -0.510. The molecule has 0 aliphatic carbocycles. The molecular formula is C27H24Cl2N4O5. The van der Waals surface area contributed by atoms with Crippen molar-refractivity contribution in [1.29, 1.82) is 0 Å². The molecule has 0 atom stereocenters. The van der Waals surface area contributed by atoms with Gasteiger partial charge in [0.1, 0.15) is 11.5 Å². The van der Waals surface area contributed by atoms with Crippen LogP contribution in [0.2, 0.25) is 10.0 Å². The van der Waals surface area contributed by atoms with Crippen LogP contribution in [0.4, 0.5) is 11.4 Å². The highest BCUT2D eigenvalue weighted by Gasteiger charge is 2.17. The number of nitrogens with zero attached hydrogens (tertiary/aromatic N) is 2. The molecule has 4 rings (SSSR count). The Labute approximate surface area is 228 Å². The van der Waals surface area contributed by atoms with Crippen molar-refractivity contribution in [1.82, 2.24) is 15.1 Å². The molecule has 2 N–H and O–H groups in total. The molecule has 0 saturated carbocycles. The Morgan fingerprint density at radius 1 is 0.974 bits per heavy atom. The maximum absolute atomic E-state index is 13.6. The van der Waals surface area contributed by atoms with Crippen molar-refractivity contribution in [3.05, 3.63) is 98.9 Å². The lowest BCUT2D eigenvalue weighted by Gasteiger charge is -2.15. The normalized spacial score (nSPS) is 10.6. The molecule has 0 fully saturated rings. The third-order valence-corrected chi connectivity index (χ3v) is 6.10. The topological polar surface area (TPSA) is 104 Å². The van der Waals surface area contributed by atoms with Crippen LogP contribution in [0.25, 0.3) is 5.69 Å². The molecule has 0 saturated heterocycles. The Morgan fingerprint density at radius 2 is 1.74 bits per heavy atom. The number of anilines is 2. The Balaban J connectivity index is 1.72. The number of nitrogens with one attached hydrogen (secondary N) is 2. The highest BCUT2D eigenvalue weighted by Crippen LogP contribution is 2.31. The molecule has 0 spiro atoms. The molecule has 0 aliphatic heterocycles. The zero-order valence-electron chi connectivity index (χ0n) is 20.5. The molecule has 0 unspecified atom stereocenters. The molecule has 0 bridgehead atoms. The minimum absolute atomic E-state index is 0.0961. The lowest BCUT2D eigenvalue weighted by atomic mass is 10.2. The number of carbonyl (C=O) groups excluding carboxylic acids is 1. The summed E-state index contributed by atoms with van der Waals surface area (Å²) in [5, 5.41) is 10.8. The number of hydrogen-bond donors (Lipinski definition) is 2. The number of hydrogen-bond acceptors (Lipinski definition) is 7.